The Labute approximate surface area is 108 Å². The zero-order valence-electron chi connectivity index (χ0n) is 8.84. The molecule has 0 saturated heterocycles. The van der Waals surface area contributed by atoms with Crippen LogP contribution in [0.15, 0.2) is 18.2 Å². The van der Waals surface area contributed by atoms with Crippen LogP contribution >= 0.6 is 31.9 Å². The van der Waals surface area contributed by atoms with Crippen molar-refractivity contribution in [1.29, 1.82) is 0 Å². The summed E-state index contributed by atoms with van der Waals surface area (Å²) >= 11 is 6.98. The number of hydrogen-bond acceptors (Lipinski definition) is 1. The van der Waals surface area contributed by atoms with Gasteiger partial charge in [0.1, 0.15) is 6.29 Å². The third-order valence-corrected chi connectivity index (χ3v) is 4.20. The number of aryl methyl sites for hydroxylation is 1. The summed E-state index contributed by atoms with van der Waals surface area (Å²) in [5.41, 5.74) is 3.12. The fourth-order valence-corrected chi connectivity index (χ4v) is 1.84. The van der Waals surface area contributed by atoms with Crippen molar-refractivity contribution >= 4 is 38.1 Å². The van der Waals surface area contributed by atoms with Crippen molar-refractivity contribution < 1.29 is 4.79 Å². The molecule has 0 spiro atoms. The maximum absolute atomic E-state index is 10.9. The van der Waals surface area contributed by atoms with Gasteiger partial charge in [-0.2, -0.15) is 0 Å². The summed E-state index contributed by atoms with van der Waals surface area (Å²) in [4.78, 5) is 10.9. The van der Waals surface area contributed by atoms with Gasteiger partial charge in [0.25, 0.3) is 0 Å². The summed E-state index contributed by atoms with van der Waals surface area (Å²) in [5.74, 6) is 0.450. The Balaban J connectivity index is 2.92. The first kappa shape index (κ1) is 12.9. The number of carbonyl (C=O) groups is 1. The molecule has 0 aliphatic rings. The Morgan fingerprint density at radius 1 is 1.40 bits per heavy atom. The van der Waals surface area contributed by atoms with E-state index in [-0.39, 0.29) is 3.74 Å². The average molecular weight is 334 g/mol. The van der Waals surface area contributed by atoms with Crippen LogP contribution in [0.25, 0.3) is 0 Å². The molecule has 0 radical (unpaired) electrons. The minimum atomic E-state index is 0.282. The molecule has 0 bridgehead atoms. The molecule has 82 valence electrons. The highest BCUT2D eigenvalue weighted by molar-refractivity contribution is 9.24. The van der Waals surface area contributed by atoms with Crippen molar-refractivity contribution in [3.63, 3.8) is 0 Å². The molecule has 1 atom stereocenters. The smallest absolute Gasteiger partial charge is 0.150 e. The summed E-state index contributed by atoms with van der Waals surface area (Å²) in [6.45, 7) is 4.19. The molecular formula is C12H14Br2O. The van der Waals surface area contributed by atoms with E-state index in [1.54, 1.807) is 0 Å². The molecule has 1 unspecified atom stereocenters. The highest BCUT2D eigenvalue weighted by atomic mass is 79.9. The highest BCUT2D eigenvalue weighted by Crippen LogP contribution is 2.24. The maximum Gasteiger partial charge on any atom is 0.150 e. The number of hydrogen-bond donors (Lipinski definition) is 0. The zero-order valence-corrected chi connectivity index (χ0v) is 12.0. The quantitative estimate of drug-likeness (QED) is 0.598. The lowest BCUT2D eigenvalue weighted by Crippen LogP contribution is -2.09. The van der Waals surface area contributed by atoms with Gasteiger partial charge in [0.05, 0.1) is 3.74 Å². The minimum Gasteiger partial charge on any atom is -0.298 e. The van der Waals surface area contributed by atoms with E-state index in [0.717, 1.165) is 23.8 Å². The van der Waals surface area contributed by atoms with E-state index in [1.165, 1.54) is 5.56 Å². The van der Waals surface area contributed by atoms with Crippen molar-refractivity contribution in [2.75, 3.05) is 0 Å². The molecule has 1 aromatic rings. The predicted molar refractivity (Wildman–Crippen MR) is 71.1 cm³/mol. The van der Waals surface area contributed by atoms with Crippen molar-refractivity contribution in [2.45, 2.75) is 24.0 Å². The lowest BCUT2D eigenvalue weighted by atomic mass is 9.97. The number of aldehydes is 1. The molecule has 0 heterocycles. The molecule has 0 N–H and O–H groups in total. The molecular weight excluding hydrogens is 320 g/mol. The lowest BCUT2D eigenvalue weighted by Gasteiger charge is -2.14. The van der Waals surface area contributed by atoms with Gasteiger partial charge in [-0.3, -0.25) is 4.79 Å². The molecule has 15 heavy (non-hydrogen) atoms. The summed E-state index contributed by atoms with van der Waals surface area (Å²) in [6.07, 6.45) is 1.83. The van der Waals surface area contributed by atoms with Crippen LogP contribution in [0.2, 0.25) is 0 Å². The Hall–Kier alpha value is -0.150. The molecule has 0 aliphatic carbocycles. The summed E-state index contributed by atoms with van der Waals surface area (Å²) in [5, 5.41) is 0. The first-order valence-corrected chi connectivity index (χ1v) is 6.70. The standard InChI is InChI=1S/C12H14Br2O/c1-8-3-4-10(7-15)11(5-8)6-9(2)12(13)14/h3-5,7,9,12H,6H2,1-2H3. The van der Waals surface area contributed by atoms with Gasteiger partial charge in [-0.25, -0.2) is 0 Å². The van der Waals surface area contributed by atoms with Crippen LogP contribution < -0.4 is 0 Å². The van der Waals surface area contributed by atoms with Gasteiger partial charge < -0.3 is 0 Å². The van der Waals surface area contributed by atoms with Gasteiger partial charge in [-0.1, -0.05) is 62.5 Å². The molecule has 3 heteroatoms. The number of rotatable bonds is 4. The summed E-state index contributed by atoms with van der Waals surface area (Å²) in [7, 11) is 0. The number of alkyl halides is 2. The van der Waals surface area contributed by atoms with Gasteiger partial charge in [-0.05, 0) is 24.8 Å². The Kier molecular flexibility index (Phi) is 5.00. The first-order chi connectivity index (χ1) is 7.04. The predicted octanol–water partition coefficient (Wildman–Crippen LogP) is 4.10. The second kappa shape index (κ2) is 5.80. The van der Waals surface area contributed by atoms with Gasteiger partial charge >= 0.3 is 0 Å². The topological polar surface area (TPSA) is 17.1 Å². The van der Waals surface area contributed by atoms with E-state index in [2.05, 4.69) is 44.8 Å². The van der Waals surface area contributed by atoms with Gasteiger partial charge in [-0.15, -0.1) is 0 Å². The highest BCUT2D eigenvalue weighted by Gasteiger charge is 2.13. The zero-order chi connectivity index (χ0) is 11.4. The molecule has 1 nitrogen and oxygen atoms in total. The van der Waals surface area contributed by atoms with E-state index in [4.69, 9.17) is 0 Å². The Morgan fingerprint density at radius 3 is 2.60 bits per heavy atom. The molecule has 0 fully saturated rings. The van der Waals surface area contributed by atoms with Crippen LogP contribution in [0.1, 0.15) is 28.4 Å². The van der Waals surface area contributed by atoms with Crippen LogP contribution in [0, 0.1) is 12.8 Å². The number of carbonyl (C=O) groups excluding carboxylic acids is 1. The second-order valence-corrected chi connectivity index (χ2v) is 7.04. The third kappa shape index (κ3) is 3.72. The largest absolute Gasteiger partial charge is 0.298 e. The Bertz CT molecular complexity index is 347. The molecule has 1 aromatic carbocycles. The summed E-state index contributed by atoms with van der Waals surface area (Å²) in [6, 6.07) is 5.95. The normalized spacial score (nSPS) is 12.9. The van der Waals surface area contributed by atoms with Crippen LogP contribution in [-0.4, -0.2) is 10.0 Å². The average Bonchev–Trinajstić information content (AvgIpc) is 2.18. The second-order valence-electron chi connectivity index (χ2n) is 3.84. The van der Waals surface area contributed by atoms with E-state index < -0.39 is 0 Å². The minimum absolute atomic E-state index is 0.282. The van der Waals surface area contributed by atoms with Gasteiger partial charge in [0.15, 0.2) is 0 Å². The van der Waals surface area contributed by atoms with Crippen molar-refractivity contribution in [3.8, 4) is 0 Å². The SMILES string of the molecule is Cc1ccc(C=O)c(CC(C)C(Br)Br)c1. The monoisotopic (exact) mass is 332 g/mol. The van der Waals surface area contributed by atoms with E-state index in [0.29, 0.717) is 5.92 Å². The first-order valence-electron chi connectivity index (χ1n) is 4.87. The van der Waals surface area contributed by atoms with Crippen molar-refractivity contribution in [2.24, 2.45) is 5.92 Å². The van der Waals surface area contributed by atoms with Crippen LogP contribution in [-0.2, 0) is 6.42 Å². The van der Waals surface area contributed by atoms with Crippen molar-refractivity contribution in [1.82, 2.24) is 0 Å². The van der Waals surface area contributed by atoms with Crippen LogP contribution in [0.3, 0.4) is 0 Å². The summed E-state index contributed by atoms with van der Waals surface area (Å²) < 4.78 is 0.282. The van der Waals surface area contributed by atoms with Crippen LogP contribution in [0.5, 0.6) is 0 Å². The maximum atomic E-state index is 10.9. The van der Waals surface area contributed by atoms with E-state index in [1.807, 2.05) is 19.1 Å². The lowest BCUT2D eigenvalue weighted by molar-refractivity contribution is 0.112. The number of benzene rings is 1. The van der Waals surface area contributed by atoms with Crippen molar-refractivity contribution in [3.05, 3.63) is 34.9 Å². The molecule has 0 amide bonds. The fourth-order valence-electron chi connectivity index (χ4n) is 1.46. The molecule has 0 aliphatic heterocycles. The van der Waals surface area contributed by atoms with Gasteiger partial charge in [0, 0.05) is 5.56 Å². The molecule has 0 aromatic heterocycles. The third-order valence-electron chi connectivity index (χ3n) is 2.40. The van der Waals surface area contributed by atoms with Gasteiger partial charge in [0.2, 0.25) is 0 Å². The fraction of sp³-hybridized carbons (Fsp3) is 0.417. The molecule has 1 rings (SSSR count). The van der Waals surface area contributed by atoms with E-state index in [9.17, 15) is 4.79 Å². The van der Waals surface area contributed by atoms with E-state index >= 15 is 0 Å². The molecule has 0 saturated carbocycles. The van der Waals surface area contributed by atoms with Crippen LogP contribution in [0.4, 0.5) is 0 Å². The number of halogens is 2. The Morgan fingerprint density at radius 2 is 2.07 bits per heavy atom.